The molecule has 0 aromatic heterocycles. The van der Waals surface area contributed by atoms with Gasteiger partial charge in [0.05, 0.1) is 5.70 Å². The summed E-state index contributed by atoms with van der Waals surface area (Å²) >= 11 is 0. The van der Waals surface area contributed by atoms with Crippen molar-refractivity contribution < 1.29 is 4.84 Å². The molecule has 3 atom stereocenters. The Morgan fingerprint density at radius 1 is 1.00 bits per heavy atom. The number of rotatable bonds is 4. The number of hydrogen-bond acceptors (Lipinski definition) is 6. The quantitative estimate of drug-likeness (QED) is 0.555. The largest absolute Gasteiger partial charge is 0.394 e. The van der Waals surface area contributed by atoms with E-state index in [0.717, 1.165) is 48.8 Å². The molecule has 0 bridgehead atoms. The van der Waals surface area contributed by atoms with Gasteiger partial charge in [-0.15, -0.1) is 0 Å². The van der Waals surface area contributed by atoms with Gasteiger partial charge in [-0.1, -0.05) is 41.6 Å². The lowest BCUT2D eigenvalue weighted by molar-refractivity contribution is 0.114. The standard InChI is InChI=1S/C23H25N5O/c24-21-17-12-28(13-18(17)21)9-10-29-27-23-15-6-2-4-8-20(15)26-22(23)16-11-25-19-7-3-1-5-14(16)19/h1-8,17-18,21,25-26H,9-13,24H2/b22-16+,27-23+/t17-,18+,21+. The molecule has 148 valence electrons. The van der Waals surface area contributed by atoms with Gasteiger partial charge < -0.3 is 21.2 Å². The van der Waals surface area contributed by atoms with Crippen LogP contribution in [0.3, 0.4) is 0 Å². The van der Waals surface area contributed by atoms with Crippen molar-refractivity contribution in [3.63, 3.8) is 0 Å². The molecule has 0 radical (unpaired) electrons. The highest BCUT2D eigenvalue weighted by Crippen LogP contribution is 2.43. The Balaban J connectivity index is 1.24. The zero-order chi connectivity index (χ0) is 19.4. The van der Waals surface area contributed by atoms with Crippen molar-refractivity contribution in [2.75, 3.05) is 43.4 Å². The maximum absolute atomic E-state index is 6.03. The third-order valence-corrected chi connectivity index (χ3v) is 6.68. The molecule has 1 saturated heterocycles. The normalized spacial score (nSPS) is 30.5. The first-order chi connectivity index (χ1) is 14.3. The molecule has 4 aliphatic rings. The number of hydrogen-bond donors (Lipinski definition) is 3. The number of para-hydroxylation sites is 2. The van der Waals surface area contributed by atoms with E-state index in [1.165, 1.54) is 16.8 Å². The molecule has 29 heavy (non-hydrogen) atoms. The molecule has 4 N–H and O–H groups in total. The van der Waals surface area contributed by atoms with E-state index < -0.39 is 0 Å². The van der Waals surface area contributed by atoms with E-state index in [0.29, 0.717) is 24.5 Å². The second kappa shape index (κ2) is 6.61. The molecule has 6 heteroatoms. The Hall–Kier alpha value is -2.83. The fourth-order valence-corrected chi connectivity index (χ4v) is 4.97. The fraction of sp³-hybridized carbons (Fsp3) is 0.348. The third kappa shape index (κ3) is 2.82. The lowest BCUT2D eigenvalue weighted by Crippen LogP contribution is -2.30. The van der Waals surface area contributed by atoms with Crippen LogP contribution in [0.4, 0.5) is 11.4 Å². The summed E-state index contributed by atoms with van der Waals surface area (Å²) in [6, 6.07) is 17.1. The van der Waals surface area contributed by atoms with Crippen molar-refractivity contribution in [2.24, 2.45) is 22.7 Å². The Kier molecular flexibility index (Phi) is 3.89. The van der Waals surface area contributed by atoms with E-state index in [1.807, 2.05) is 12.1 Å². The summed E-state index contributed by atoms with van der Waals surface area (Å²) in [6.07, 6.45) is 0. The van der Waals surface area contributed by atoms with Crippen LogP contribution in [-0.2, 0) is 4.84 Å². The molecule has 2 aromatic rings. The van der Waals surface area contributed by atoms with Crippen LogP contribution < -0.4 is 16.4 Å². The van der Waals surface area contributed by atoms with Crippen LogP contribution in [0.25, 0.3) is 5.57 Å². The Morgan fingerprint density at radius 2 is 1.72 bits per heavy atom. The summed E-state index contributed by atoms with van der Waals surface area (Å²) in [6.45, 7) is 4.49. The van der Waals surface area contributed by atoms with E-state index in [4.69, 9.17) is 10.6 Å². The van der Waals surface area contributed by atoms with Crippen molar-refractivity contribution in [1.29, 1.82) is 0 Å². The molecular formula is C23H25N5O. The van der Waals surface area contributed by atoms with E-state index in [1.54, 1.807) is 0 Å². The fourth-order valence-electron chi connectivity index (χ4n) is 4.97. The molecule has 6 rings (SSSR count). The van der Waals surface area contributed by atoms with Crippen LogP contribution in [0.5, 0.6) is 0 Å². The lowest BCUT2D eigenvalue weighted by Gasteiger charge is -2.17. The second-order valence-electron chi connectivity index (χ2n) is 8.36. The number of nitrogens with zero attached hydrogens (tertiary/aromatic N) is 2. The monoisotopic (exact) mass is 387 g/mol. The van der Waals surface area contributed by atoms with Crippen LogP contribution in [0.1, 0.15) is 11.1 Å². The van der Waals surface area contributed by atoms with Crippen LogP contribution in [0, 0.1) is 11.8 Å². The molecule has 2 fully saturated rings. The number of anilines is 2. The SMILES string of the molecule is N[C@@H]1[C@H]2CN(CCO/N=C3/C(=C4/CNc5ccccc54)Nc4ccccc43)C[C@@H]12. The zero-order valence-corrected chi connectivity index (χ0v) is 16.3. The maximum atomic E-state index is 6.03. The van der Waals surface area contributed by atoms with Crippen molar-refractivity contribution >= 4 is 22.7 Å². The minimum atomic E-state index is 0.436. The maximum Gasteiger partial charge on any atom is 0.135 e. The molecular weight excluding hydrogens is 362 g/mol. The van der Waals surface area contributed by atoms with E-state index in [-0.39, 0.29) is 0 Å². The minimum absolute atomic E-state index is 0.436. The predicted molar refractivity (Wildman–Crippen MR) is 116 cm³/mol. The molecule has 6 nitrogen and oxygen atoms in total. The van der Waals surface area contributed by atoms with Gasteiger partial charge >= 0.3 is 0 Å². The number of allylic oxidation sites excluding steroid dienone is 1. The Bertz CT molecular complexity index is 1020. The highest BCUT2D eigenvalue weighted by Gasteiger charge is 2.53. The highest BCUT2D eigenvalue weighted by molar-refractivity contribution is 6.25. The van der Waals surface area contributed by atoms with Gasteiger partial charge in [-0.05, 0) is 24.0 Å². The van der Waals surface area contributed by atoms with E-state index in [2.05, 4.69) is 57.1 Å². The zero-order valence-electron chi connectivity index (χ0n) is 16.3. The molecule has 2 aromatic carbocycles. The van der Waals surface area contributed by atoms with E-state index >= 15 is 0 Å². The average molecular weight is 387 g/mol. The number of oxime groups is 1. The van der Waals surface area contributed by atoms with Crippen molar-refractivity contribution in [2.45, 2.75) is 6.04 Å². The average Bonchev–Trinajstić information content (AvgIpc) is 3.20. The van der Waals surface area contributed by atoms with Gasteiger partial charge in [0.2, 0.25) is 0 Å². The Labute approximate surface area is 170 Å². The van der Waals surface area contributed by atoms with Gasteiger partial charge in [-0.2, -0.15) is 0 Å². The Morgan fingerprint density at radius 3 is 2.55 bits per heavy atom. The van der Waals surface area contributed by atoms with Gasteiger partial charge in [-0.3, -0.25) is 4.90 Å². The van der Waals surface area contributed by atoms with E-state index in [9.17, 15) is 0 Å². The predicted octanol–water partition coefficient (Wildman–Crippen LogP) is 2.56. The second-order valence-corrected chi connectivity index (χ2v) is 8.36. The van der Waals surface area contributed by atoms with Crippen molar-refractivity contribution in [3.8, 4) is 0 Å². The van der Waals surface area contributed by atoms with Gasteiger partial charge in [0.15, 0.2) is 0 Å². The van der Waals surface area contributed by atoms with Crippen LogP contribution in [-0.4, -0.2) is 49.4 Å². The van der Waals surface area contributed by atoms with Gasteiger partial charge in [0.25, 0.3) is 0 Å². The van der Waals surface area contributed by atoms with Crippen LogP contribution in [0.15, 0.2) is 59.4 Å². The first-order valence-corrected chi connectivity index (χ1v) is 10.4. The van der Waals surface area contributed by atoms with Crippen LogP contribution >= 0.6 is 0 Å². The highest BCUT2D eigenvalue weighted by atomic mass is 16.6. The number of nitrogens with two attached hydrogens (primary N) is 1. The molecule has 3 heterocycles. The molecule has 0 amide bonds. The smallest absolute Gasteiger partial charge is 0.135 e. The first kappa shape index (κ1) is 17.1. The first-order valence-electron chi connectivity index (χ1n) is 10.4. The summed E-state index contributed by atoms with van der Waals surface area (Å²) in [4.78, 5) is 8.25. The summed E-state index contributed by atoms with van der Waals surface area (Å²) < 4.78 is 0. The van der Waals surface area contributed by atoms with Gasteiger partial charge in [0.1, 0.15) is 12.3 Å². The summed E-state index contributed by atoms with van der Waals surface area (Å²) in [5.74, 6) is 1.41. The number of nitrogens with one attached hydrogen (secondary N) is 2. The molecule has 3 aliphatic heterocycles. The van der Waals surface area contributed by atoms with Crippen molar-refractivity contribution in [3.05, 3.63) is 65.4 Å². The number of fused-ring (bicyclic) bond motifs is 3. The summed E-state index contributed by atoms with van der Waals surface area (Å²) in [7, 11) is 0. The molecule has 1 saturated carbocycles. The van der Waals surface area contributed by atoms with Gasteiger partial charge in [-0.25, -0.2) is 0 Å². The molecule has 1 aliphatic carbocycles. The lowest BCUT2D eigenvalue weighted by atomic mass is 10.0. The number of likely N-dealkylation sites (tertiary alicyclic amines) is 1. The van der Waals surface area contributed by atoms with Crippen molar-refractivity contribution in [1.82, 2.24) is 4.90 Å². The minimum Gasteiger partial charge on any atom is -0.394 e. The topological polar surface area (TPSA) is 74.9 Å². The number of benzene rings is 2. The number of piperidine rings is 1. The van der Waals surface area contributed by atoms with Gasteiger partial charge in [0, 0.05) is 60.3 Å². The molecule has 0 unspecified atom stereocenters. The molecule has 0 spiro atoms. The van der Waals surface area contributed by atoms with Crippen LogP contribution in [0.2, 0.25) is 0 Å². The summed E-state index contributed by atoms with van der Waals surface area (Å²) in [5.41, 5.74) is 13.7. The summed E-state index contributed by atoms with van der Waals surface area (Å²) in [5, 5.41) is 11.6. The third-order valence-electron chi connectivity index (χ3n) is 6.68.